The van der Waals surface area contributed by atoms with Crippen molar-refractivity contribution in [2.45, 2.75) is 6.42 Å². The zero-order valence-corrected chi connectivity index (χ0v) is 11.9. The Morgan fingerprint density at radius 1 is 1.09 bits per heavy atom. The summed E-state index contributed by atoms with van der Waals surface area (Å²) in [6.07, 6.45) is 0.496. The molecule has 0 spiro atoms. The first-order valence-electron chi connectivity index (χ1n) is 7.15. The van der Waals surface area contributed by atoms with E-state index in [4.69, 9.17) is 5.11 Å². The summed E-state index contributed by atoms with van der Waals surface area (Å²) >= 11 is 0. The second kappa shape index (κ2) is 5.99. The highest BCUT2D eigenvalue weighted by Gasteiger charge is 2.13. The molecule has 0 atom stereocenters. The van der Waals surface area contributed by atoms with E-state index in [9.17, 15) is 9.59 Å². The number of benzene rings is 2. The zero-order chi connectivity index (χ0) is 15.5. The lowest BCUT2D eigenvalue weighted by Crippen LogP contribution is -2.25. The predicted octanol–water partition coefficient (Wildman–Crippen LogP) is 1.79. The van der Waals surface area contributed by atoms with Crippen LogP contribution in [-0.2, 0) is 0 Å². The molecule has 0 bridgehead atoms. The van der Waals surface area contributed by atoms with E-state index in [1.807, 2.05) is 18.2 Å². The average molecular weight is 296 g/mol. The van der Waals surface area contributed by atoms with Gasteiger partial charge in [0.05, 0.1) is 11.1 Å². The number of aromatic nitrogens is 1. The van der Waals surface area contributed by atoms with Gasteiger partial charge in [-0.25, -0.2) is 0 Å². The number of H-pyrrole nitrogens is 1. The Morgan fingerprint density at radius 2 is 1.86 bits per heavy atom. The van der Waals surface area contributed by atoms with Crippen molar-refractivity contribution >= 4 is 27.7 Å². The summed E-state index contributed by atoms with van der Waals surface area (Å²) in [6.45, 7) is 0.417. The van der Waals surface area contributed by atoms with Gasteiger partial charge in [0.1, 0.15) is 0 Å². The highest BCUT2D eigenvalue weighted by atomic mass is 16.3. The minimum absolute atomic E-state index is 0.0251. The van der Waals surface area contributed by atoms with E-state index < -0.39 is 0 Å². The van der Waals surface area contributed by atoms with Gasteiger partial charge in [0.25, 0.3) is 5.91 Å². The van der Waals surface area contributed by atoms with Crippen LogP contribution in [0.5, 0.6) is 0 Å². The summed E-state index contributed by atoms with van der Waals surface area (Å²) < 4.78 is 0. The standard InChI is InChI=1S/C17H16N2O3/c20-10-4-9-18-17(22)13-7-3-6-12-15(13)19-14-8-2-1-5-11(14)16(12)21/h1-3,5-8,20H,4,9-10H2,(H,18,22)(H,19,21). The number of amides is 1. The number of aromatic amines is 1. The maximum atomic E-state index is 12.5. The lowest BCUT2D eigenvalue weighted by Gasteiger charge is -2.09. The third-order valence-corrected chi connectivity index (χ3v) is 3.61. The Hall–Kier alpha value is -2.66. The predicted molar refractivity (Wildman–Crippen MR) is 86.1 cm³/mol. The second-order valence-corrected chi connectivity index (χ2v) is 5.06. The molecule has 0 aliphatic rings. The molecule has 0 fully saturated rings. The first-order chi connectivity index (χ1) is 10.7. The lowest BCUT2D eigenvalue weighted by molar-refractivity contribution is 0.0952. The Balaban J connectivity index is 2.16. The van der Waals surface area contributed by atoms with Crippen LogP contribution >= 0.6 is 0 Å². The summed E-state index contributed by atoms with van der Waals surface area (Å²) in [5.41, 5.74) is 1.58. The number of carbonyl (C=O) groups excluding carboxylic acids is 1. The minimum atomic E-state index is -0.259. The van der Waals surface area contributed by atoms with Crippen molar-refractivity contribution < 1.29 is 9.90 Å². The summed E-state index contributed by atoms with van der Waals surface area (Å²) in [7, 11) is 0. The Bertz CT molecular complexity index is 899. The highest BCUT2D eigenvalue weighted by Crippen LogP contribution is 2.18. The van der Waals surface area contributed by atoms with Crippen LogP contribution in [0, 0.1) is 0 Å². The quantitative estimate of drug-likeness (QED) is 0.507. The van der Waals surface area contributed by atoms with Gasteiger partial charge in [-0.2, -0.15) is 0 Å². The molecule has 112 valence electrons. The van der Waals surface area contributed by atoms with Crippen molar-refractivity contribution in [3.05, 3.63) is 58.3 Å². The van der Waals surface area contributed by atoms with Crippen LogP contribution in [0.1, 0.15) is 16.8 Å². The van der Waals surface area contributed by atoms with Crippen LogP contribution in [0.3, 0.4) is 0 Å². The Morgan fingerprint density at radius 3 is 2.68 bits per heavy atom. The molecule has 2 aromatic carbocycles. The molecule has 22 heavy (non-hydrogen) atoms. The van der Waals surface area contributed by atoms with Crippen molar-refractivity contribution in [1.29, 1.82) is 0 Å². The molecule has 0 aliphatic carbocycles. The van der Waals surface area contributed by atoms with E-state index in [0.717, 1.165) is 0 Å². The van der Waals surface area contributed by atoms with Gasteiger partial charge in [0.15, 0.2) is 5.43 Å². The fourth-order valence-electron chi connectivity index (χ4n) is 2.51. The number of hydrogen-bond donors (Lipinski definition) is 3. The molecule has 0 radical (unpaired) electrons. The molecule has 3 N–H and O–H groups in total. The molecule has 0 saturated heterocycles. The van der Waals surface area contributed by atoms with Crippen molar-refractivity contribution in [3.63, 3.8) is 0 Å². The number of carbonyl (C=O) groups is 1. The van der Waals surface area contributed by atoms with Crippen molar-refractivity contribution in [1.82, 2.24) is 10.3 Å². The summed E-state index contributed by atoms with van der Waals surface area (Å²) in [5.74, 6) is -0.259. The summed E-state index contributed by atoms with van der Waals surface area (Å²) in [5, 5.41) is 12.6. The molecule has 1 heterocycles. The third-order valence-electron chi connectivity index (χ3n) is 3.61. The lowest BCUT2D eigenvalue weighted by atomic mass is 10.1. The number of rotatable bonds is 4. The summed E-state index contributed by atoms with van der Waals surface area (Å²) in [6, 6.07) is 12.3. The molecule has 5 nitrogen and oxygen atoms in total. The van der Waals surface area contributed by atoms with E-state index in [1.165, 1.54) is 0 Å². The van der Waals surface area contributed by atoms with Crippen LogP contribution in [0.4, 0.5) is 0 Å². The number of aliphatic hydroxyl groups is 1. The fourth-order valence-corrected chi connectivity index (χ4v) is 2.51. The Labute approximate surface area is 126 Å². The zero-order valence-electron chi connectivity index (χ0n) is 11.9. The molecule has 0 aliphatic heterocycles. The molecule has 0 unspecified atom stereocenters. The number of fused-ring (bicyclic) bond motifs is 2. The molecule has 3 aromatic rings. The van der Waals surface area contributed by atoms with Crippen molar-refractivity contribution in [2.75, 3.05) is 13.2 Å². The molecule has 5 heteroatoms. The van der Waals surface area contributed by atoms with Crippen LogP contribution in [0.15, 0.2) is 47.3 Å². The van der Waals surface area contributed by atoms with Gasteiger partial charge in [0, 0.05) is 29.4 Å². The largest absolute Gasteiger partial charge is 0.396 e. The fraction of sp³-hybridized carbons (Fsp3) is 0.176. The number of hydrogen-bond acceptors (Lipinski definition) is 3. The minimum Gasteiger partial charge on any atom is -0.396 e. The normalized spacial score (nSPS) is 11.0. The van der Waals surface area contributed by atoms with Gasteiger partial charge in [-0.05, 0) is 30.7 Å². The SMILES string of the molecule is O=C(NCCCO)c1cccc2c(=O)c3ccccc3[nH]c12. The molecular formula is C17H16N2O3. The van der Waals surface area contributed by atoms with Crippen molar-refractivity contribution in [3.8, 4) is 0 Å². The number of aliphatic hydroxyl groups excluding tert-OH is 1. The topological polar surface area (TPSA) is 82.2 Å². The van der Waals surface area contributed by atoms with Gasteiger partial charge >= 0.3 is 0 Å². The average Bonchev–Trinajstić information content (AvgIpc) is 2.55. The number of pyridine rings is 1. The van der Waals surface area contributed by atoms with E-state index in [1.54, 1.807) is 24.3 Å². The maximum Gasteiger partial charge on any atom is 0.253 e. The van der Waals surface area contributed by atoms with E-state index in [2.05, 4.69) is 10.3 Å². The molecule has 1 amide bonds. The van der Waals surface area contributed by atoms with E-state index >= 15 is 0 Å². The maximum absolute atomic E-state index is 12.5. The second-order valence-electron chi connectivity index (χ2n) is 5.06. The van der Waals surface area contributed by atoms with E-state index in [-0.39, 0.29) is 17.9 Å². The third kappa shape index (κ3) is 2.46. The van der Waals surface area contributed by atoms with Gasteiger partial charge in [-0.15, -0.1) is 0 Å². The number of para-hydroxylation sites is 2. The first-order valence-corrected chi connectivity index (χ1v) is 7.15. The number of nitrogens with one attached hydrogen (secondary N) is 2. The Kier molecular flexibility index (Phi) is 3.89. The monoisotopic (exact) mass is 296 g/mol. The van der Waals surface area contributed by atoms with Crippen LogP contribution < -0.4 is 10.7 Å². The van der Waals surface area contributed by atoms with Crippen molar-refractivity contribution in [2.24, 2.45) is 0 Å². The first kappa shape index (κ1) is 14.3. The van der Waals surface area contributed by atoms with E-state index in [0.29, 0.717) is 40.3 Å². The summed E-state index contributed by atoms with van der Waals surface area (Å²) in [4.78, 5) is 28.0. The van der Waals surface area contributed by atoms with Gasteiger partial charge < -0.3 is 15.4 Å². The van der Waals surface area contributed by atoms with Gasteiger partial charge in [-0.1, -0.05) is 18.2 Å². The molecule has 3 rings (SSSR count). The smallest absolute Gasteiger partial charge is 0.253 e. The van der Waals surface area contributed by atoms with Crippen LogP contribution in [-0.4, -0.2) is 29.1 Å². The molecular weight excluding hydrogens is 280 g/mol. The highest BCUT2D eigenvalue weighted by molar-refractivity contribution is 6.07. The van der Waals surface area contributed by atoms with Gasteiger partial charge in [-0.3, -0.25) is 9.59 Å². The van der Waals surface area contributed by atoms with Crippen LogP contribution in [0.25, 0.3) is 21.8 Å². The van der Waals surface area contributed by atoms with Gasteiger partial charge in [0.2, 0.25) is 0 Å². The molecule has 0 saturated carbocycles. The van der Waals surface area contributed by atoms with Crippen LogP contribution in [0.2, 0.25) is 0 Å². The molecule has 1 aromatic heterocycles.